The molecule has 0 aliphatic heterocycles. The minimum absolute atomic E-state index is 0.482. The van der Waals surface area contributed by atoms with Crippen LogP contribution in [0.3, 0.4) is 0 Å². The van der Waals surface area contributed by atoms with Gasteiger partial charge < -0.3 is 5.73 Å². The number of nitrogen functional groups attached to an aromatic ring is 1. The minimum atomic E-state index is 0.482. The Balaban J connectivity index is 2.37. The third kappa shape index (κ3) is 1.96. The van der Waals surface area contributed by atoms with E-state index in [4.69, 9.17) is 5.73 Å². The summed E-state index contributed by atoms with van der Waals surface area (Å²) < 4.78 is 3.19. The van der Waals surface area contributed by atoms with E-state index in [1.807, 2.05) is 6.92 Å². The highest BCUT2D eigenvalue weighted by molar-refractivity contribution is 14.1. The van der Waals surface area contributed by atoms with E-state index in [1.54, 1.807) is 0 Å². The van der Waals surface area contributed by atoms with Crippen LogP contribution in [0.2, 0.25) is 0 Å². The smallest absolute Gasteiger partial charge is 0.135 e. The molecule has 0 bridgehead atoms. The van der Waals surface area contributed by atoms with Crippen molar-refractivity contribution in [1.29, 1.82) is 0 Å². The lowest BCUT2D eigenvalue weighted by molar-refractivity contribution is 0.172. The zero-order valence-electron chi connectivity index (χ0n) is 10.2. The number of hydrogen-bond acceptors (Lipinski definition) is 2. The Morgan fingerprint density at radius 2 is 1.88 bits per heavy atom. The van der Waals surface area contributed by atoms with Crippen LogP contribution in [0.4, 0.5) is 5.82 Å². The van der Waals surface area contributed by atoms with Crippen molar-refractivity contribution in [2.24, 2.45) is 11.8 Å². The maximum absolute atomic E-state index is 6.15. The molecule has 4 heteroatoms. The van der Waals surface area contributed by atoms with Crippen LogP contribution >= 0.6 is 22.6 Å². The second kappa shape index (κ2) is 4.55. The van der Waals surface area contributed by atoms with Gasteiger partial charge in [0.05, 0.1) is 15.3 Å². The van der Waals surface area contributed by atoms with Gasteiger partial charge in [-0.15, -0.1) is 0 Å². The summed E-state index contributed by atoms with van der Waals surface area (Å²) in [5.41, 5.74) is 7.21. The fraction of sp³-hybridized carbons (Fsp3) is 0.750. The molecule has 2 unspecified atom stereocenters. The van der Waals surface area contributed by atoms with Gasteiger partial charge in [0.15, 0.2) is 0 Å². The average molecular weight is 333 g/mol. The Morgan fingerprint density at radius 3 is 2.31 bits per heavy atom. The Bertz CT molecular complexity index is 376. The second-order valence-electron chi connectivity index (χ2n) is 5.11. The molecular formula is C12H20IN3. The van der Waals surface area contributed by atoms with Crippen LogP contribution < -0.4 is 5.73 Å². The van der Waals surface area contributed by atoms with E-state index in [0.717, 1.165) is 15.1 Å². The van der Waals surface area contributed by atoms with Crippen LogP contribution in [0.25, 0.3) is 0 Å². The first-order chi connectivity index (χ1) is 7.52. The van der Waals surface area contributed by atoms with E-state index < -0.39 is 0 Å². The fourth-order valence-electron chi connectivity index (χ4n) is 2.92. The van der Waals surface area contributed by atoms with Crippen LogP contribution in [0.15, 0.2) is 0 Å². The van der Waals surface area contributed by atoms with Gasteiger partial charge in [0.25, 0.3) is 0 Å². The number of nitrogens with two attached hydrogens (primary N) is 1. The molecule has 1 fully saturated rings. The first-order valence-corrected chi connectivity index (χ1v) is 7.10. The predicted octanol–water partition coefficient (Wildman–Crippen LogP) is 3.38. The molecule has 1 aliphatic carbocycles. The number of anilines is 1. The number of nitrogens with zero attached hydrogens (tertiary/aromatic N) is 2. The number of aryl methyl sites for hydroxylation is 1. The standard InChI is InChI=1S/C12H20IN3/c1-7-5-4-6-8(2)11(7)16-12(14)10(13)9(3)15-16/h7-8,11H,4-6,14H2,1-3H3. The molecular weight excluding hydrogens is 313 g/mol. The first kappa shape index (κ1) is 12.2. The largest absolute Gasteiger partial charge is 0.383 e. The zero-order valence-corrected chi connectivity index (χ0v) is 12.4. The molecule has 0 aromatic carbocycles. The van der Waals surface area contributed by atoms with Gasteiger partial charge in [-0.2, -0.15) is 5.10 Å². The second-order valence-corrected chi connectivity index (χ2v) is 6.18. The predicted molar refractivity (Wildman–Crippen MR) is 75.3 cm³/mol. The van der Waals surface area contributed by atoms with Crippen LogP contribution in [-0.4, -0.2) is 9.78 Å². The number of halogens is 1. The molecule has 1 heterocycles. The molecule has 1 aromatic rings. The fourth-order valence-corrected chi connectivity index (χ4v) is 3.27. The highest BCUT2D eigenvalue weighted by atomic mass is 127. The van der Waals surface area contributed by atoms with Crippen LogP contribution in [0.5, 0.6) is 0 Å². The lowest BCUT2D eigenvalue weighted by atomic mass is 9.79. The Morgan fingerprint density at radius 1 is 1.31 bits per heavy atom. The van der Waals surface area contributed by atoms with E-state index in [2.05, 4.69) is 46.2 Å². The Kier molecular flexibility index (Phi) is 3.47. The maximum atomic E-state index is 6.15. The summed E-state index contributed by atoms with van der Waals surface area (Å²) in [5, 5.41) is 4.62. The summed E-state index contributed by atoms with van der Waals surface area (Å²) in [4.78, 5) is 0. The van der Waals surface area contributed by atoms with Gasteiger partial charge >= 0.3 is 0 Å². The number of aromatic nitrogens is 2. The highest BCUT2D eigenvalue weighted by Gasteiger charge is 2.31. The number of hydrogen-bond donors (Lipinski definition) is 1. The minimum Gasteiger partial charge on any atom is -0.383 e. The molecule has 3 nitrogen and oxygen atoms in total. The summed E-state index contributed by atoms with van der Waals surface area (Å²) >= 11 is 2.29. The molecule has 0 spiro atoms. The molecule has 0 amide bonds. The summed E-state index contributed by atoms with van der Waals surface area (Å²) in [6.45, 7) is 6.68. The Hall–Kier alpha value is -0.260. The third-order valence-electron chi connectivity index (χ3n) is 3.81. The lowest BCUT2D eigenvalue weighted by Gasteiger charge is -2.35. The van der Waals surface area contributed by atoms with Crippen LogP contribution in [-0.2, 0) is 0 Å². The van der Waals surface area contributed by atoms with E-state index in [-0.39, 0.29) is 0 Å². The third-order valence-corrected chi connectivity index (χ3v) is 5.15. The van der Waals surface area contributed by atoms with E-state index in [9.17, 15) is 0 Å². The van der Waals surface area contributed by atoms with Crippen molar-refractivity contribution >= 4 is 28.4 Å². The van der Waals surface area contributed by atoms with Crippen LogP contribution in [0.1, 0.15) is 44.8 Å². The van der Waals surface area contributed by atoms with Crippen molar-refractivity contribution in [2.45, 2.75) is 46.1 Å². The Labute approximate surface area is 111 Å². The first-order valence-electron chi connectivity index (χ1n) is 6.02. The molecule has 90 valence electrons. The van der Waals surface area contributed by atoms with E-state index >= 15 is 0 Å². The topological polar surface area (TPSA) is 43.8 Å². The molecule has 1 aromatic heterocycles. The lowest BCUT2D eigenvalue weighted by Crippen LogP contribution is -2.29. The molecule has 2 atom stereocenters. The molecule has 2 N–H and O–H groups in total. The van der Waals surface area contributed by atoms with Crippen molar-refractivity contribution < 1.29 is 0 Å². The van der Waals surface area contributed by atoms with E-state index in [0.29, 0.717) is 17.9 Å². The normalized spacial score (nSPS) is 30.6. The van der Waals surface area contributed by atoms with Gasteiger partial charge in [0.2, 0.25) is 0 Å². The van der Waals surface area contributed by atoms with E-state index in [1.165, 1.54) is 19.3 Å². The molecule has 1 saturated carbocycles. The maximum Gasteiger partial charge on any atom is 0.135 e. The van der Waals surface area contributed by atoms with Gasteiger partial charge in [0, 0.05) is 0 Å². The summed E-state index contributed by atoms with van der Waals surface area (Å²) in [5.74, 6) is 2.21. The molecule has 1 aliphatic rings. The van der Waals surface area contributed by atoms with Gasteiger partial charge in [-0.3, -0.25) is 0 Å². The zero-order chi connectivity index (χ0) is 11.9. The average Bonchev–Trinajstić information content (AvgIpc) is 2.47. The molecule has 0 saturated heterocycles. The van der Waals surface area contributed by atoms with Crippen molar-refractivity contribution in [3.05, 3.63) is 9.26 Å². The van der Waals surface area contributed by atoms with Gasteiger partial charge in [-0.25, -0.2) is 4.68 Å². The quantitative estimate of drug-likeness (QED) is 0.801. The number of rotatable bonds is 1. The van der Waals surface area contributed by atoms with Gasteiger partial charge in [0.1, 0.15) is 5.82 Å². The van der Waals surface area contributed by atoms with Gasteiger partial charge in [-0.05, 0) is 54.2 Å². The van der Waals surface area contributed by atoms with Crippen LogP contribution in [0, 0.1) is 22.3 Å². The SMILES string of the molecule is Cc1nn(C2C(C)CCCC2C)c(N)c1I. The van der Waals surface area contributed by atoms with Crippen molar-refractivity contribution in [3.63, 3.8) is 0 Å². The summed E-state index contributed by atoms with van der Waals surface area (Å²) in [7, 11) is 0. The molecule has 0 radical (unpaired) electrons. The summed E-state index contributed by atoms with van der Waals surface area (Å²) in [6.07, 6.45) is 3.93. The van der Waals surface area contributed by atoms with Crippen molar-refractivity contribution in [1.82, 2.24) is 9.78 Å². The molecule has 2 rings (SSSR count). The van der Waals surface area contributed by atoms with Crippen molar-refractivity contribution in [2.75, 3.05) is 5.73 Å². The van der Waals surface area contributed by atoms with Gasteiger partial charge in [-0.1, -0.05) is 20.3 Å². The summed E-state index contributed by atoms with van der Waals surface area (Å²) in [6, 6.07) is 0.482. The highest BCUT2D eigenvalue weighted by Crippen LogP contribution is 2.39. The van der Waals surface area contributed by atoms with Crippen molar-refractivity contribution in [3.8, 4) is 0 Å². The monoisotopic (exact) mass is 333 g/mol. The molecule has 16 heavy (non-hydrogen) atoms.